The molecule has 1 aliphatic rings. The van der Waals surface area contributed by atoms with Crippen LogP contribution in [-0.4, -0.2) is 56.5 Å². The molecule has 0 aromatic heterocycles. The summed E-state index contributed by atoms with van der Waals surface area (Å²) in [4.78, 5) is 17.9. The van der Waals surface area contributed by atoms with E-state index < -0.39 is 0 Å². The van der Waals surface area contributed by atoms with E-state index in [4.69, 9.17) is 5.73 Å². The molecule has 0 aromatic carbocycles. The first-order valence-electron chi connectivity index (χ1n) is 9.49. The van der Waals surface area contributed by atoms with Crippen LogP contribution in [0.5, 0.6) is 0 Å². The maximum atomic E-state index is 11.2. The molecule has 4 N–H and O–H groups in total. The number of rotatable bonds is 10. The molecular formula is C18H37N5O. The number of piperidine rings is 1. The fourth-order valence-electron chi connectivity index (χ4n) is 3.05. The minimum Gasteiger partial charge on any atom is -0.369 e. The van der Waals surface area contributed by atoms with Crippen molar-refractivity contribution in [1.82, 2.24) is 15.5 Å². The van der Waals surface area contributed by atoms with Gasteiger partial charge in [-0.05, 0) is 64.1 Å². The quantitative estimate of drug-likeness (QED) is 0.320. The molecular weight excluding hydrogens is 302 g/mol. The molecule has 140 valence electrons. The SMILES string of the molecule is CN=C(NCCCCN1CCC(C(N)=O)CC1)NCCCC(C)C. The van der Waals surface area contributed by atoms with Gasteiger partial charge in [-0.2, -0.15) is 0 Å². The molecule has 0 radical (unpaired) electrons. The van der Waals surface area contributed by atoms with Crippen LogP contribution in [0.4, 0.5) is 0 Å². The molecule has 1 fully saturated rings. The number of hydrogen-bond acceptors (Lipinski definition) is 3. The standard InChI is InChI=1S/C18H37N5O/c1-15(2)7-6-11-22-18(20-3)21-10-4-5-12-23-13-8-16(9-14-23)17(19)24/h15-16H,4-14H2,1-3H3,(H2,19,24)(H2,20,21,22). The summed E-state index contributed by atoms with van der Waals surface area (Å²) in [5.41, 5.74) is 5.37. The van der Waals surface area contributed by atoms with Crippen molar-refractivity contribution in [2.24, 2.45) is 22.6 Å². The van der Waals surface area contributed by atoms with E-state index in [2.05, 4.69) is 34.4 Å². The van der Waals surface area contributed by atoms with E-state index in [0.29, 0.717) is 0 Å². The smallest absolute Gasteiger partial charge is 0.220 e. The number of nitrogens with zero attached hydrogens (tertiary/aromatic N) is 2. The highest BCUT2D eigenvalue weighted by Crippen LogP contribution is 2.16. The fraction of sp³-hybridized carbons (Fsp3) is 0.889. The Kier molecular flexibility index (Phi) is 10.5. The zero-order valence-corrected chi connectivity index (χ0v) is 15.8. The maximum absolute atomic E-state index is 11.2. The normalized spacial score (nSPS) is 17.2. The van der Waals surface area contributed by atoms with Crippen LogP contribution >= 0.6 is 0 Å². The van der Waals surface area contributed by atoms with Crippen LogP contribution in [0.2, 0.25) is 0 Å². The summed E-state index contributed by atoms with van der Waals surface area (Å²) in [5.74, 6) is 1.62. The Balaban J connectivity index is 2.01. The minimum atomic E-state index is -0.133. The predicted octanol–water partition coefficient (Wildman–Crippen LogP) is 1.57. The van der Waals surface area contributed by atoms with Gasteiger partial charge in [-0.15, -0.1) is 0 Å². The minimum absolute atomic E-state index is 0.0908. The summed E-state index contributed by atoms with van der Waals surface area (Å²) in [6.45, 7) is 9.54. The van der Waals surface area contributed by atoms with Crippen molar-refractivity contribution in [2.75, 3.05) is 39.8 Å². The molecule has 24 heavy (non-hydrogen) atoms. The third-order valence-corrected chi connectivity index (χ3v) is 4.66. The van der Waals surface area contributed by atoms with E-state index in [1.807, 2.05) is 7.05 Å². The first kappa shape index (κ1) is 20.7. The molecule has 6 nitrogen and oxygen atoms in total. The van der Waals surface area contributed by atoms with Gasteiger partial charge in [0, 0.05) is 26.1 Å². The second kappa shape index (κ2) is 12.1. The van der Waals surface area contributed by atoms with Crippen molar-refractivity contribution in [2.45, 2.75) is 52.4 Å². The second-order valence-corrected chi connectivity index (χ2v) is 7.19. The Morgan fingerprint density at radius 2 is 1.79 bits per heavy atom. The number of nitrogens with one attached hydrogen (secondary N) is 2. The highest BCUT2D eigenvalue weighted by Gasteiger charge is 2.22. The van der Waals surface area contributed by atoms with Crippen LogP contribution in [0.1, 0.15) is 52.4 Å². The van der Waals surface area contributed by atoms with Crippen molar-refractivity contribution in [3.05, 3.63) is 0 Å². The summed E-state index contributed by atoms with van der Waals surface area (Å²) in [6, 6.07) is 0. The topological polar surface area (TPSA) is 82.8 Å². The lowest BCUT2D eigenvalue weighted by Crippen LogP contribution is -2.40. The fourth-order valence-corrected chi connectivity index (χ4v) is 3.05. The zero-order valence-electron chi connectivity index (χ0n) is 15.8. The van der Waals surface area contributed by atoms with Gasteiger partial charge in [0.25, 0.3) is 0 Å². The molecule has 0 unspecified atom stereocenters. The Labute approximate surface area is 147 Å². The van der Waals surface area contributed by atoms with E-state index in [0.717, 1.165) is 63.9 Å². The number of unbranched alkanes of at least 4 members (excludes halogenated alkanes) is 1. The molecule has 6 heteroatoms. The Bertz CT molecular complexity index is 376. The van der Waals surface area contributed by atoms with E-state index in [1.54, 1.807) is 0 Å². The van der Waals surface area contributed by atoms with Crippen molar-refractivity contribution >= 4 is 11.9 Å². The Hall–Kier alpha value is -1.30. The third-order valence-electron chi connectivity index (χ3n) is 4.66. The zero-order chi connectivity index (χ0) is 17.8. The molecule has 0 saturated carbocycles. The van der Waals surface area contributed by atoms with Crippen molar-refractivity contribution < 1.29 is 4.79 Å². The van der Waals surface area contributed by atoms with E-state index in [1.165, 1.54) is 19.3 Å². The molecule has 0 bridgehead atoms. The number of carbonyl (C=O) groups excluding carboxylic acids is 1. The van der Waals surface area contributed by atoms with Crippen LogP contribution in [0.3, 0.4) is 0 Å². The van der Waals surface area contributed by atoms with E-state index in [-0.39, 0.29) is 11.8 Å². The number of nitrogens with two attached hydrogens (primary N) is 1. The predicted molar refractivity (Wildman–Crippen MR) is 101 cm³/mol. The lowest BCUT2D eigenvalue weighted by Gasteiger charge is -2.30. The lowest BCUT2D eigenvalue weighted by molar-refractivity contribution is -0.123. The largest absolute Gasteiger partial charge is 0.369 e. The van der Waals surface area contributed by atoms with Crippen LogP contribution in [0, 0.1) is 11.8 Å². The summed E-state index contributed by atoms with van der Waals surface area (Å²) in [6.07, 6.45) is 6.55. The van der Waals surface area contributed by atoms with Gasteiger partial charge in [0.1, 0.15) is 0 Å². The van der Waals surface area contributed by atoms with Gasteiger partial charge < -0.3 is 21.3 Å². The number of amides is 1. The monoisotopic (exact) mass is 339 g/mol. The average molecular weight is 340 g/mol. The van der Waals surface area contributed by atoms with Gasteiger partial charge in [-0.3, -0.25) is 9.79 Å². The first-order valence-corrected chi connectivity index (χ1v) is 9.49. The summed E-state index contributed by atoms with van der Waals surface area (Å²) in [5, 5.41) is 6.74. The van der Waals surface area contributed by atoms with Crippen LogP contribution in [-0.2, 0) is 4.79 Å². The molecule has 1 heterocycles. The molecule has 0 atom stereocenters. The number of primary amides is 1. The number of likely N-dealkylation sites (tertiary alicyclic amines) is 1. The lowest BCUT2D eigenvalue weighted by atomic mass is 9.96. The van der Waals surface area contributed by atoms with Crippen molar-refractivity contribution in [1.29, 1.82) is 0 Å². The number of hydrogen-bond donors (Lipinski definition) is 3. The molecule has 0 aromatic rings. The van der Waals surface area contributed by atoms with E-state index in [9.17, 15) is 4.79 Å². The number of aliphatic imine (C=N–C) groups is 1. The van der Waals surface area contributed by atoms with Gasteiger partial charge in [0.05, 0.1) is 0 Å². The van der Waals surface area contributed by atoms with Crippen molar-refractivity contribution in [3.8, 4) is 0 Å². The summed E-state index contributed by atoms with van der Waals surface area (Å²) < 4.78 is 0. The van der Waals surface area contributed by atoms with Gasteiger partial charge >= 0.3 is 0 Å². The first-order chi connectivity index (χ1) is 11.5. The van der Waals surface area contributed by atoms with Crippen LogP contribution < -0.4 is 16.4 Å². The van der Waals surface area contributed by atoms with E-state index >= 15 is 0 Å². The third kappa shape index (κ3) is 9.11. The summed E-state index contributed by atoms with van der Waals surface area (Å²) in [7, 11) is 1.82. The molecule has 1 aliphatic heterocycles. The number of carbonyl (C=O) groups is 1. The number of guanidine groups is 1. The van der Waals surface area contributed by atoms with Crippen LogP contribution in [0.25, 0.3) is 0 Å². The van der Waals surface area contributed by atoms with Gasteiger partial charge in [0.15, 0.2) is 5.96 Å². The summed E-state index contributed by atoms with van der Waals surface area (Å²) >= 11 is 0. The highest BCUT2D eigenvalue weighted by molar-refractivity contribution is 5.79. The Morgan fingerprint density at radius 3 is 2.33 bits per heavy atom. The highest BCUT2D eigenvalue weighted by atomic mass is 16.1. The maximum Gasteiger partial charge on any atom is 0.220 e. The molecule has 1 saturated heterocycles. The van der Waals surface area contributed by atoms with Gasteiger partial charge in [-0.1, -0.05) is 13.8 Å². The molecule has 1 amide bonds. The van der Waals surface area contributed by atoms with Gasteiger partial charge in [0.2, 0.25) is 5.91 Å². The molecule has 0 spiro atoms. The molecule has 0 aliphatic carbocycles. The molecule has 1 rings (SSSR count). The Morgan fingerprint density at radius 1 is 1.17 bits per heavy atom. The second-order valence-electron chi connectivity index (χ2n) is 7.19. The van der Waals surface area contributed by atoms with Gasteiger partial charge in [-0.25, -0.2) is 0 Å². The van der Waals surface area contributed by atoms with Crippen LogP contribution in [0.15, 0.2) is 4.99 Å². The average Bonchev–Trinajstić information content (AvgIpc) is 2.56. The van der Waals surface area contributed by atoms with Crippen molar-refractivity contribution in [3.63, 3.8) is 0 Å².